The first-order valence-electron chi connectivity index (χ1n) is 2.47. The van der Waals surface area contributed by atoms with Gasteiger partial charge in [-0.1, -0.05) is 18.8 Å². The molecule has 0 saturated carbocycles. The topological polar surface area (TPSA) is 60.5 Å². The summed E-state index contributed by atoms with van der Waals surface area (Å²) in [4.78, 5) is 12.0. The summed E-state index contributed by atoms with van der Waals surface area (Å²) >= 11 is 0. The molecule has 0 fully saturated rings. The van der Waals surface area contributed by atoms with Gasteiger partial charge < -0.3 is 0 Å². The molecule has 5 atom stereocenters. The summed E-state index contributed by atoms with van der Waals surface area (Å²) in [6.07, 6.45) is 0. The Bertz CT molecular complexity index is 93.0. The Labute approximate surface area is 78.3 Å². The summed E-state index contributed by atoms with van der Waals surface area (Å²) < 4.78 is 4.09. The Hall–Kier alpha value is 2.09. The molecule has 5 unspecified atom stereocenters. The largest absolute Gasteiger partial charge is 0.269 e. The second kappa shape index (κ2) is 12.1. The molecule has 0 aromatic heterocycles. The zero-order valence-corrected chi connectivity index (χ0v) is 11.8. The Balaban J connectivity index is 2.89. The van der Waals surface area contributed by atoms with E-state index in [1.807, 2.05) is 0 Å². The molecule has 0 heterocycles. The molecular weight excluding hydrogens is 256 g/mol. The molecule has 0 amide bonds. The average molecular weight is 267 g/mol. The van der Waals surface area contributed by atoms with Crippen LogP contribution in [0.1, 0.15) is 0 Å². The second-order valence-electron chi connectivity index (χ2n) is 1.09. The van der Waals surface area contributed by atoms with Crippen LogP contribution in [0.25, 0.3) is 0 Å². The Morgan fingerprint density at radius 3 is 2.64 bits per heavy atom. The van der Waals surface area contributed by atoms with E-state index in [9.17, 15) is 0 Å². The number of hydrogen-bond donors (Lipinski definition) is 4. The minimum atomic E-state index is 0.449. The van der Waals surface area contributed by atoms with Crippen LogP contribution in [0, 0.1) is 0 Å². The summed E-state index contributed by atoms with van der Waals surface area (Å²) in [5, 5.41) is 0. The fourth-order valence-corrected chi connectivity index (χ4v) is 3.91. The lowest BCUT2D eigenvalue weighted by atomic mass is 13.8. The van der Waals surface area contributed by atoms with Crippen molar-refractivity contribution in [1.29, 1.82) is 0 Å². The van der Waals surface area contributed by atoms with E-state index >= 15 is 0 Å². The van der Waals surface area contributed by atoms with Gasteiger partial charge >= 0.3 is 0 Å². The van der Waals surface area contributed by atoms with E-state index in [0.717, 1.165) is 8.52 Å². The smallest absolute Gasteiger partial charge is 0.100 e. The van der Waals surface area contributed by atoms with Crippen molar-refractivity contribution in [2.24, 2.45) is 4.52 Å². The monoisotopic (exact) mass is 267 g/mol. The van der Waals surface area contributed by atoms with E-state index in [4.69, 9.17) is 0 Å². The standard InChI is InChI=1S/H11N5P6/c6-1-8-3-10-5-11-4-9-2-7/h1-3,8-10H,6-7H2,(H,4,5). The van der Waals surface area contributed by atoms with Gasteiger partial charge in [0.05, 0.1) is 8.88 Å². The predicted molar refractivity (Wildman–Crippen MR) is 66.3 cm³/mol. The van der Waals surface area contributed by atoms with Gasteiger partial charge in [0.25, 0.3) is 0 Å². The Morgan fingerprint density at radius 1 is 1.18 bits per heavy atom. The van der Waals surface area contributed by atoms with Crippen molar-refractivity contribution in [1.82, 2.24) is 19.4 Å². The van der Waals surface area contributed by atoms with Gasteiger partial charge in [-0.15, -0.1) is 0 Å². The summed E-state index contributed by atoms with van der Waals surface area (Å²) in [5.74, 6) is 0. The SMILES string of the molecule is PNPN=PNPNPNP. The third-order valence-electron chi connectivity index (χ3n) is 0.468. The van der Waals surface area contributed by atoms with Gasteiger partial charge in [-0.3, -0.25) is 14.6 Å². The van der Waals surface area contributed by atoms with Gasteiger partial charge in [0.15, 0.2) is 0 Å². The van der Waals surface area contributed by atoms with E-state index in [-0.39, 0.29) is 0 Å². The van der Waals surface area contributed by atoms with Gasteiger partial charge in [0.2, 0.25) is 0 Å². The molecule has 0 bridgehead atoms. The lowest BCUT2D eigenvalue weighted by molar-refractivity contribution is 1.53. The summed E-state index contributed by atoms with van der Waals surface area (Å²) in [5.41, 5.74) is 0. The van der Waals surface area contributed by atoms with Gasteiger partial charge in [-0.2, -0.15) is 0 Å². The molecule has 11 heavy (non-hydrogen) atoms. The number of hydrogen-bond acceptors (Lipinski definition) is 4. The van der Waals surface area contributed by atoms with Crippen LogP contribution >= 0.6 is 54.0 Å². The van der Waals surface area contributed by atoms with Gasteiger partial charge in [-0.05, 0) is 0 Å². The summed E-state index contributed by atoms with van der Waals surface area (Å²) in [6, 6.07) is 0. The minimum Gasteiger partial charge on any atom is -0.269 e. The molecular formula is H11N5P6. The van der Waals surface area contributed by atoms with Crippen molar-refractivity contribution in [2.75, 3.05) is 0 Å². The van der Waals surface area contributed by atoms with Crippen LogP contribution in [0.2, 0.25) is 0 Å². The molecule has 11 heteroatoms. The molecule has 0 spiro atoms. The van der Waals surface area contributed by atoms with Gasteiger partial charge in [0, 0.05) is 17.8 Å². The number of rotatable bonds is 7. The molecule has 0 saturated heterocycles. The van der Waals surface area contributed by atoms with E-state index in [0.29, 0.717) is 26.6 Å². The fourth-order valence-electron chi connectivity index (χ4n) is 0.199. The number of nitrogens with zero attached hydrogens (tertiary/aromatic N) is 1. The molecule has 0 rings (SSSR count). The normalized spacial score (nSPS) is 14.4. The highest BCUT2D eigenvalue weighted by Gasteiger charge is 1.79. The Morgan fingerprint density at radius 2 is 2.00 bits per heavy atom. The zero-order valence-electron chi connectivity index (χ0n) is 5.55. The maximum Gasteiger partial charge on any atom is 0.100 e. The van der Waals surface area contributed by atoms with Crippen molar-refractivity contribution in [3.05, 3.63) is 0 Å². The maximum atomic E-state index is 4.09. The highest BCUT2D eigenvalue weighted by molar-refractivity contribution is 7.58. The highest BCUT2D eigenvalue weighted by atomic mass is 31.2. The highest BCUT2D eigenvalue weighted by Crippen LogP contribution is 2.18. The van der Waals surface area contributed by atoms with Crippen LogP contribution in [0.5, 0.6) is 0 Å². The predicted octanol–water partition coefficient (Wildman–Crippen LogP) is 1.50. The average Bonchev–Trinajstić information content (AvgIpc) is 2.03. The first-order chi connectivity index (χ1) is 5.41. The first-order valence-corrected chi connectivity index (χ1v) is 7.42. The molecule has 0 aliphatic rings. The van der Waals surface area contributed by atoms with Crippen LogP contribution < -0.4 is 19.4 Å². The zero-order chi connectivity index (χ0) is 8.36. The van der Waals surface area contributed by atoms with E-state index in [2.05, 4.69) is 42.7 Å². The van der Waals surface area contributed by atoms with Crippen LogP contribution in [0.3, 0.4) is 0 Å². The van der Waals surface area contributed by atoms with Crippen molar-refractivity contribution >= 4 is 54.0 Å². The van der Waals surface area contributed by atoms with Crippen molar-refractivity contribution in [3.63, 3.8) is 0 Å². The maximum absolute atomic E-state index is 4.09. The van der Waals surface area contributed by atoms with Crippen LogP contribution in [-0.2, 0) is 0 Å². The Kier molecular flexibility index (Phi) is 14.4. The first kappa shape index (κ1) is 13.1. The third-order valence-corrected chi connectivity index (χ3v) is 4.21. The molecule has 0 aliphatic carbocycles. The third kappa shape index (κ3) is 12.1. The molecule has 0 aliphatic heterocycles. The summed E-state index contributed by atoms with van der Waals surface area (Å²) in [7, 11) is 7.34. The molecule has 4 N–H and O–H groups in total. The van der Waals surface area contributed by atoms with E-state index in [1.54, 1.807) is 0 Å². The van der Waals surface area contributed by atoms with Crippen LogP contribution in [0.4, 0.5) is 0 Å². The van der Waals surface area contributed by atoms with Crippen molar-refractivity contribution < 1.29 is 0 Å². The molecule has 5 nitrogen and oxygen atoms in total. The van der Waals surface area contributed by atoms with E-state index < -0.39 is 0 Å². The lowest BCUT2D eigenvalue weighted by Crippen LogP contribution is -1.94. The molecule has 0 radical (unpaired) electrons. The molecule has 0 aromatic rings. The lowest BCUT2D eigenvalue weighted by Gasteiger charge is -1.99. The van der Waals surface area contributed by atoms with Gasteiger partial charge in [0.1, 0.15) is 8.52 Å². The fraction of sp³-hybridized carbons (Fsp3) is 0. The van der Waals surface area contributed by atoms with Crippen LogP contribution in [-0.4, -0.2) is 0 Å². The quantitative estimate of drug-likeness (QED) is 0.417. The molecule has 66 valence electrons. The van der Waals surface area contributed by atoms with Crippen molar-refractivity contribution in [3.8, 4) is 0 Å². The minimum absolute atomic E-state index is 0.449. The van der Waals surface area contributed by atoms with Crippen molar-refractivity contribution in [2.45, 2.75) is 0 Å². The second-order valence-corrected chi connectivity index (χ2v) is 7.01. The van der Waals surface area contributed by atoms with Gasteiger partial charge in [-0.25, -0.2) is 9.37 Å². The van der Waals surface area contributed by atoms with E-state index in [1.165, 1.54) is 0 Å². The molecule has 0 aromatic carbocycles. The van der Waals surface area contributed by atoms with Crippen LogP contribution in [0.15, 0.2) is 4.52 Å². The summed E-state index contributed by atoms with van der Waals surface area (Å²) in [6.45, 7) is 0. The number of nitrogens with one attached hydrogen (secondary N) is 4.